The van der Waals surface area contributed by atoms with Gasteiger partial charge in [-0.15, -0.1) is 0 Å². The number of ether oxygens (including phenoxy) is 1. The Morgan fingerprint density at radius 2 is 1.92 bits per heavy atom. The molecule has 1 saturated carbocycles. The summed E-state index contributed by atoms with van der Waals surface area (Å²) in [6, 6.07) is 7.35. The number of aromatic nitrogens is 1. The van der Waals surface area contributed by atoms with Crippen LogP contribution in [0.5, 0.6) is 5.75 Å². The Morgan fingerprint density at radius 3 is 2.50 bits per heavy atom. The summed E-state index contributed by atoms with van der Waals surface area (Å²) in [6.45, 7) is 3.56. The summed E-state index contributed by atoms with van der Waals surface area (Å²) in [5, 5.41) is 3.31. The number of nitrogens with one attached hydrogen (secondary N) is 2. The Labute approximate surface area is 142 Å². The summed E-state index contributed by atoms with van der Waals surface area (Å²) >= 11 is 0. The molecule has 128 valence electrons. The minimum absolute atomic E-state index is 0.225. The van der Waals surface area contributed by atoms with Crippen molar-refractivity contribution in [2.75, 3.05) is 17.1 Å². The van der Waals surface area contributed by atoms with Crippen LogP contribution in [0, 0.1) is 13.8 Å². The predicted octanol–water partition coefficient (Wildman–Crippen LogP) is 3.08. The smallest absolute Gasteiger partial charge is 0.263 e. The van der Waals surface area contributed by atoms with Crippen LogP contribution in [0.15, 0.2) is 35.4 Å². The van der Waals surface area contributed by atoms with E-state index in [1.807, 2.05) is 13.0 Å². The zero-order valence-corrected chi connectivity index (χ0v) is 14.8. The summed E-state index contributed by atoms with van der Waals surface area (Å²) in [6.07, 6.45) is 3.98. The summed E-state index contributed by atoms with van der Waals surface area (Å²) in [4.78, 5) is 4.40. The number of hydrogen-bond donors (Lipinski definition) is 2. The fraction of sp³-hybridized carbons (Fsp3) is 0.353. The predicted molar refractivity (Wildman–Crippen MR) is 94.2 cm³/mol. The maximum atomic E-state index is 12.6. The number of rotatable bonds is 6. The highest BCUT2D eigenvalue weighted by Crippen LogP contribution is 2.27. The van der Waals surface area contributed by atoms with E-state index in [9.17, 15) is 8.42 Å². The fourth-order valence-electron chi connectivity index (χ4n) is 2.47. The van der Waals surface area contributed by atoms with Gasteiger partial charge in [0.1, 0.15) is 11.6 Å². The maximum absolute atomic E-state index is 12.6. The lowest BCUT2D eigenvalue weighted by molar-refractivity contribution is 0.411. The Balaban J connectivity index is 1.81. The molecule has 2 N–H and O–H groups in total. The molecule has 0 unspecified atom stereocenters. The van der Waals surface area contributed by atoms with Crippen molar-refractivity contribution < 1.29 is 13.2 Å². The molecule has 3 rings (SSSR count). The van der Waals surface area contributed by atoms with Gasteiger partial charge < -0.3 is 10.1 Å². The lowest BCUT2D eigenvalue weighted by atomic mass is 10.1. The SMILES string of the molecule is COc1cc(C)c(S(=O)(=O)Nc2ccc(NC3CC3)cn2)cc1C. The van der Waals surface area contributed by atoms with Crippen LogP contribution >= 0.6 is 0 Å². The number of anilines is 2. The van der Waals surface area contributed by atoms with Gasteiger partial charge in [-0.3, -0.25) is 4.72 Å². The van der Waals surface area contributed by atoms with Gasteiger partial charge in [-0.05, 0) is 62.1 Å². The van der Waals surface area contributed by atoms with Crippen LogP contribution in [0.25, 0.3) is 0 Å². The molecule has 0 aliphatic heterocycles. The molecule has 1 aliphatic rings. The van der Waals surface area contributed by atoms with Crippen molar-refractivity contribution in [1.29, 1.82) is 0 Å². The van der Waals surface area contributed by atoms with Gasteiger partial charge in [-0.25, -0.2) is 13.4 Å². The second kappa shape index (κ2) is 6.32. The van der Waals surface area contributed by atoms with E-state index in [-0.39, 0.29) is 4.90 Å². The van der Waals surface area contributed by atoms with Crippen LogP contribution < -0.4 is 14.8 Å². The number of benzene rings is 1. The van der Waals surface area contributed by atoms with Gasteiger partial charge in [-0.2, -0.15) is 0 Å². The molecule has 0 saturated heterocycles. The highest BCUT2D eigenvalue weighted by atomic mass is 32.2. The Morgan fingerprint density at radius 1 is 1.17 bits per heavy atom. The van der Waals surface area contributed by atoms with E-state index in [0.717, 1.165) is 11.3 Å². The largest absolute Gasteiger partial charge is 0.496 e. The van der Waals surface area contributed by atoms with E-state index in [1.54, 1.807) is 38.4 Å². The Bertz CT molecular complexity index is 844. The van der Waals surface area contributed by atoms with Gasteiger partial charge in [0.15, 0.2) is 0 Å². The summed E-state index contributed by atoms with van der Waals surface area (Å²) in [5.41, 5.74) is 2.29. The van der Waals surface area contributed by atoms with Crippen LogP contribution in [-0.2, 0) is 10.0 Å². The second-order valence-corrected chi connectivity index (χ2v) is 7.69. The molecule has 1 aliphatic carbocycles. The molecule has 1 aromatic carbocycles. The van der Waals surface area contributed by atoms with Gasteiger partial charge in [0.25, 0.3) is 10.0 Å². The summed E-state index contributed by atoms with van der Waals surface area (Å²) < 4.78 is 33.0. The van der Waals surface area contributed by atoms with E-state index in [1.165, 1.54) is 12.8 Å². The maximum Gasteiger partial charge on any atom is 0.263 e. The van der Waals surface area contributed by atoms with Gasteiger partial charge in [0.05, 0.1) is 23.9 Å². The van der Waals surface area contributed by atoms with Crippen molar-refractivity contribution in [3.05, 3.63) is 41.6 Å². The molecule has 2 aromatic rings. The van der Waals surface area contributed by atoms with E-state index in [0.29, 0.717) is 23.2 Å². The van der Waals surface area contributed by atoms with Crippen molar-refractivity contribution in [2.24, 2.45) is 0 Å². The van der Waals surface area contributed by atoms with Crippen molar-refractivity contribution in [1.82, 2.24) is 4.98 Å². The van der Waals surface area contributed by atoms with E-state index in [4.69, 9.17) is 4.74 Å². The molecule has 1 fully saturated rings. The number of sulfonamides is 1. The molecular weight excluding hydrogens is 326 g/mol. The van der Waals surface area contributed by atoms with Crippen LogP contribution in [-0.4, -0.2) is 26.6 Å². The van der Waals surface area contributed by atoms with Crippen molar-refractivity contribution in [3.63, 3.8) is 0 Å². The molecule has 0 amide bonds. The normalized spacial score (nSPS) is 14.3. The van der Waals surface area contributed by atoms with Crippen molar-refractivity contribution in [3.8, 4) is 5.75 Å². The number of aryl methyl sites for hydroxylation is 2. The van der Waals surface area contributed by atoms with Crippen molar-refractivity contribution in [2.45, 2.75) is 37.6 Å². The molecule has 0 atom stereocenters. The first-order valence-corrected chi connectivity index (χ1v) is 9.28. The summed E-state index contributed by atoms with van der Waals surface area (Å²) in [5.74, 6) is 0.962. The molecule has 6 nitrogen and oxygen atoms in total. The third kappa shape index (κ3) is 3.62. The average Bonchev–Trinajstić information content (AvgIpc) is 3.34. The number of pyridine rings is 1. The number of nitrogens with zero attached hydrogens (tertiary/aromatic N) is 1. The van der Waals surface area contributed by atoms with Crippen LogP contribution in [0.4, 0.5) is 11.5 Å². The second-order valence-electron chi connectivity index (χ2n) is 6.04. The molecule has 0 bridgehead atoms. The van der Waals surface area contributed by atoms with E-state index < -0.39 is 10.0 Å². The highest BCUT2D eigenvalue weighted by Gasteiger charge is 2.21. The summed E-state index contributed by atoms with van der Waals surface area (Å²) in [7, 11) is -2.14. The minimum Gasteiger partial charge on any atom is -0.496 e. The minimum atomic E-state index is -3.70. The monoisotopic (exact) mass is 347 g/mol. The third-order valence-electron chi connectivity index (χ3n) is 3.93. The van der Waals surface area contributed by atoms with Gasteiger partial charge in [0, 0.05) is 6.04 Å². The molecule has 0 radical (unpaired) electrons. The van der Waals surface area contributed by atoms with Crippen LogP contribution in [0.3, 0.4) is 0 Å². The van der Waals surface area contributed by atoms with Gasteiger partial charge in [-0.1, -0.05) is 0 Å². The van der Waals surface area contributed by atoms with Crippen LogP contribution in [0.2, 0.25) is 0 Å². The van der Waals surface area contributed by atoms with Crippen molar-refractivity contribution >= 4 is 21.5 Å². The zero-order valence-electron chi connectivity index (χ0n) is 14.0. The molecule has 7 heteroatoms. The molecule has 24 heavy (non-hydrogen) atoms. The van der Waals surface area contributed by atoms with E-state index in [2.05, 4.69) is 15.0 Å². The molecule has 1 aromatic heterocycles. The average molecular weight is 347 g/mol. The van der Waals surface area contributed by atoms with Gasteiger partial charge in [0.2, 0.25) is 0 Å². The lowest BCUT2D eigenvalue weighted by Gasteiger charge is -2.13. The fourth-order valence-corrected chi connectivity index (χ4v) is 3.79. The number of methoxy groups -OCH3 is 1. The molecule has 1 heterocycles. The lowest BCUT2D eigenvalue weighted by Crippen LogP contribution is -2.15. The van der Waals surface area contributed by atoms with Gasteiger partial charge >= 0.3 is 0 Å². The Kier molecular flexibility index (Phi) is 4.36. The molecular formula is C17H21N3O3S. The third-order valence-corrected chi connectivity index (χ3v) is 5.43. The molecule has 0 spiro atoms. The quantitative estimate of drug-likeness (QED) is 0.839. The Hall–Kier alpha value is -2.28. The topological polar surface area (TPSA) is 80.3 Å². The zero-order chi connectivity index (χ0) is 17.3. The first-order chi connectivity index (χ1) is 11.4. The first-order valence-electron chi connectivity index (χ1n) is 7.79. The first kappa shape index (κ1) is 16.6. The van der Waals surface area contributed by atoms with Crippen LogP contribution in [0.1, 0.15) is 24.0 Å². The van der Waals surface area contributed by atoms with E-state index >= 15 is 0 Å². The highest BCUT2D eigenvalue weighted by molar-refractivity contribution is 7.92. The number of hydrogen-bond acceptors (Lipinski definition) is 5. The standard InChI is InChI=1S/C17H21N3O3S/c1-11-9-16(12(2)8-15(11)23-3)24(21,22)20-17-7-6-14(10-18-17)19-13-4-5-13/h6-10,13,19H,4-5H2,1-3H3,(H,18,20).